The molecule has 1 amide bonds. The van der Waals surface area contributed by atoms with Gasteiger partial charge in [0.1, 0.15) is 5.76 Å². The van der Waals surface area contributed by atoms with Gasteiger partial charge in [0.2, 0.25) is 11.7 Å². The second-order valence-electron chi connectivity index (χ2n) is 5.81. The predicted octanol–water partition coefficient (Wildman–Crippen LogP) is 2.84. The number of amides is 1. The highest BCUT2D eigenvalue weighted by atomic mass is 16.5. The molecule has 1 aliphatic heterocycles. The van der Waals surface area contributed by atoms with Crippen LogP contribution in [0.1, 0.15) is 0 Å². The zero-order valence-corrected chi connectivity index (χ0v) is 14.2. The number of hydrogen-bond donors (Lipinski definition) is 2. The van der Waals surface area contributed by atoms with E-state index in [9.17, 15) is 9.59 Å². The van der Waals surface area contributed by atoms with E-state index >= 15 is 0 Å². The average Bonchev–Trinajstić information content (AvgIpc) is 2.66. The normalized spacial score (nSPS) is 12.9. The van der Waals surface area contributed by atoms with Gasteiger partial charge < -0.3 is 24.5 Å². The first-order valence-electron chi connectivity index (χ1n) is 7.97. The van der Waals surface area contributed by atoms with Crippen LogP contribution in [-0.2, 0) is 4.79 Å². The van der Waals surface area contributed by atoms with Gasteiger partial charge in [0.05, 0.1) is 37.5 Å². The van der Waals surface area contributed by atoms with Gasteiger partial charge >= 0.3 is 0 Å². The molecule has 0 atom stereocenters. The quantitative estimate of drug-likeness (QED) is 0.753. The Morgan fingerprint density at radius 2 is 1.85 bits per heavy atom. The third kappa shape index (κ3) is 2.54. The van der Waals surface area contributed by atoms with Crippen molar-refractivity contribution >= 4 is 28.3 Å². The Labute approximate surface area is 148 Å². The van der Waals surface area contributed by atoms with Gasteiger partial charge in [0, 0.05) is 11.6 Å². The molecule has 0 fully saturated rings. The van der Waals surface area contributed by atoms with Gasteiger partial charge in [-0.1, -0.05) is 0 Å². The molecule has 7 heteroatoms. The number of methoxy groups -OCH3 is 2. The molecule has 4 rings (SSSR count). The minimum atomic E-state index is -0.193. The fourth-order valence-electron chi connectivity index (χ4n) is 3.00. The van der Waals surface area contributed by atoms with Crippen LogP contribution in [0, 0.1) is 0 Å². The maximum atomic E-state index is 12.5. The molecule has 2 N–H and O–H groups in total. The SMILES string of the molecule is COc1ccc2c(=O)cc(-c3ccc4c(c3)NC(=O)CN4)oc2c1OC. The number of carbonyl (C=O) groups excluding carboxylic acids is 1. The summed E-state index contributed by atoms with van der Waals surface area (Å²) in [5.74, 6) is 1.08. The third-order valence-electron chi connectivity index (χ3n) is 4.26. The molecule has 7 nitrogen and oxygen atoms in total. The first-order chi connectivity index (χ1) is 12.6. The van der Waals surface area contributed by atoms with E-state index in [0.29, 0.717) is 39.5 Å². The monoisotopic (exact) mass is 352 g/mol. The smallest absolute Gasteiger partial charge is 0.243 e. The van der Waals surface area contributed by atoms with Crippen molar-refractivity contribution in [3.05, 3.63) is 46.6 Å². The second kappa shape index (κ2) is 6.11. The van der Waals surface area contributed by atoms with E-state index in [0.717, 1.165) is 5.69 Å². The summed E-state index contributed by atoms with van der Waals surface area (Å²) >= 11 is 0. The lowest BCUT2D eigenvalue weighted by atomic mass is 10.1. The molecule has 0 radical (unpaired) electrons. The molecule has 1 aliphatic rings. The van der Waals surface area contributed by atoms with Crippen LogP contribution in [0.25, 0.3) is 22.3 Å². The van der Waals surface area contributed by atoms with E-state index in [1.165, 1.54) is 20.3 Å². The van der Waals surface area contributed by atoms with Crippen molar-refractivity contribution in [3.8, 4) is 22.8 Å². The molecule has 0 spiro atoms. The minimum Gasteiger partial charge on any atom is -0.493 e. The number of fused-ring (bicyclic) bond motifs is 2. The van der Waals surface area contributed by atoms with Crippen LogP contribution in [0.4, 0.5) is 11.4 Å². The van der Waals surface area contributed by atoms with Crippen LogP contribution >= 0.6 is 0 Å². The maximum Gasteiger partial charge on any atom is 0.243 e. The van der Waals surface area contributed by atoms with Gasteiger partial charge in [-0.05, 0) is 30.3 Å². The fourth-order valence-corrected chi connectivity index (χ4v) is 3.00. The van der Waals surface area contributed by atoms with Crippen molar-refractivity contribution in [2.45, 2.75) is 0 Å². The lowest BCUT2D eigenvalue weighted by Crippen LogP contribution is -2.27. The van der Waals surface area contributed by atoms with Crippen molar-refractivity contribution in [1.29, 1.82) is 0 Å². The molecule has 2 aromatic carbocycles. The van der Waals surface area contributed by atoms with Crippen molar-refractivity contribution in [3.63, 3.8) is 0 Å². The van der Waals surface area contributed by atoms with Crippen LogP contribution in [0.5, 0.6) is 11.5 Å². The first-order valence-corrected chi connectivity index (χ1v) is 7.97. The maximum absolute atomic E-state index is 12.5. The molecule has 0 aliphatic carbocycles. The van der Waals surface area contributed by atoms with E-state index in [4.69, 9.17) is 13.9 Å². The van der Waals surface area contributed by atoms with Gasteiger partial charge in [-0.3, -0.25) is 9.59 Å². The Balaban J connectivity index is 1.91. The van der Waals surface area contributed by atoms with Crippen molar-refractivity contribution < 1.29 is 18.7 Å². The Kier molecular flexibility index (Phi) is 3.76. The molecule has 3 aromatic rings. The molecule has 132 valence electrons. The van der Waals surface area contributed by atoms with Gasteiger partial charge in [0.15, 0.2) is 16.8 Å². The zero-order valence-electron chi connectivity index (χ0n) is 14.2. The van der Waals surface area contributed by atoms with E-state index in [2.05, 4.69) is 10.6 Å². The van der Waals surface area contributed by atoms with Crippen molar-refractivity contribution in [1.82, 2.24) is 0 Å². The van der Waals surface area contributed by atoms with E-state index < -0.39 is 0 Å². The van der Waals surface area contributed by atoms with E-state index in [1.807, 2.05) is 12.1 Å². The lowest BCUT2D eigenvalue weighted by molar-refractivity contribution is -0.114. The fraction of sp³-hybridized carbons (Fsp3) is 0.158. The highest BCUT2D eigenvalue weighted by Crippen LogP contribution is 2.37. The predicted molar refractivity (Wildman–Crippen MR) is 98.1 cm³/mol. The summed E-state index contributed by atoms with van der Waals surface area (Å²) in [6.07, 6.45) is 0. The highest BCUT2D eigenvalue weighted by Gasteiger charge is 2.18. The second-order valence-corrected chi connectivity index (χ2v) is 5.81. The number of hydrogen-bond acceptors (Lipinski definition) is 6. The molecule has 0 saturated carbocycles. The number of nitrogens with one attached hydrogen (secondary N) is 2. The van der Waals surface area contributed by atoms with Gasteiger partial charge in [-0.2, -0.15) is 0 Å². The summed E-state index contributed by atoms with van der Waals surface area (Å²) in [4.78, 5) is 24.1. The van der Waals surface area contributed by atoms with Crippen molar-refractivity contribution in [2.75, 3.05) is 31.4 Å². The molecule has 2 heterocycles. The Bertz CT molecular complexity index is 1090. The van der Waals surface area contributed by atoms with Crippen LogP contribution < -0.4 is 25.5 Å². The Morgan fingerprint density at radius 3 is 2.62 bits per heavy atom. The highest BCUT2D eigenvalue weighted by molar-refractivity contribution is 6.01. The minimum absolute atomic E-state index is 0.124. The topological polar surface area (TPSA) is 89.8 Å². The summed E-state index contributed by atoms with van der Waals surface area (Å²) in [6, 6.07) is 10.1. The number of benzene rings is 2. The molecule has 0 unspecified atom stereocenters. The summed E-state index contributed by atoms with van der Waals surface area (Å²) in [5, 5.41) is 6.22. The van der Waals surface area contributed by atoms with Gasteiger partial charge in [-0.25, -0.2) is 0 Å². The molecule has 1 aromatic heterocycles. The summed E-state index contributed by atoms with van der Waals surface area (Å²) < 4.78 is 16.6. The third-order valence-corrected chi connectivity index (χ3v) is 4.26. The lowest BCUT2D eigenvalue weighted by Gasteiger charge is -2.19. The average molecular weight is 352 g/mol. The van der Waals surface area contributed by atoms with Crippen molar-refractivity contribution in [2.24, 2.45) is 0 Å². The number of rotatable bonds is 3. The summed E-state index contributed by atoms with van der Waals surface area (Å²) in [5.41, 5.74) is 2.24. The molecule has 0 bridgehead atoms. The molecule has 0 saturated heterocycles. The number of ether oxygens (including phenoxy) is 2. The number of carbonyl (C=O) groups is 1. The van der Waals surface area contributed by atoms with Crippen LogP contribution in [-0.4, -0.2) is 26.7 Å². The van der Waals surface area contributed by atoms with Crippen LogP contribution in [0.3, 0.4) is 0 Å². The molecular formula is C19H16N2O5. The van der Waals surface area contributed by atoms with Gasteiger partial charge in [0.25, 0.3) is 0 Å². The van der Waals surface area contributed by atoms with Gasteiger partial charge in [-0.15, -0.1) is 0 Å². The Hall–Kier alpha value is -3.48. The van der Waals surface area contributed by atoms with E-state index in [1.54, 1.807) is 18.2 Å². The summed E-state index contributed by atoms with van der Waals surface area (Å²) in [7, 11) is 3.01. The number of anilines is 2. The van der Waals surface area contributed by atoms with Crippen LogP contribution in [0.15, 0.2) is 45.6 Å². The Morgan fingerprint density at radius 1 is 1.00 bits per heavy atom. The van der Waals surface area contributed by atoms with Crippen LogP contribution in [0.2, 0.25) is 0 Å². The molecular weight excluding hydrogens is 336 g/mol. The standard InChI is InChI=1S/C19H16N2O5/c1-24-15-6-4-11-14(22)8-16(26-18(11)19(15)25-2)10-3-5-12-13(7-10)21-17(23)9-20-12/h3-8,20H,9H2,1-2H3,(H,21,23). The zero-order chi connectivity index (χ0) is 18.3. The first kappa shape index (κ1) is 16.0. The van der Waals surface area contributed by atoms with E-state index in [-0.39, 0.29) is 17.9 Å². The summed E-state index contributed by atoms with van der Waals surface area (Å²) in [6.45, 7) is 0.231. The molecule has 26 heavy (non-hydrogen) atoms. The largest absolute Gasteiger partial charge is 0.493 e.